The van der Waals surface area contributed by atoms with E-state index >= 15 is 0 Å². The minimum absolute atomic E-state index is 0.136. The van der Waals surface area contributed by atoms with Crippen LogP contribution >= 0.6 is 0 Å². The van der Waals surface area contributed by atoms with E-state index in [1.54, 1.807) is 24.3 Å². The minimum atomic E-state index is 0.136. The second kappa shape index (κ2) is 7.32. The largest absolute Gasteiger partial charge is 0.424 e. The van der Waals surface area contributed by atoms with Crippen molar-refractivity contribution < 1.29 is 4.74 Å². The molecule has 0 bridgehead atoms. The van der Waals surface area contributed by atoms with Gasteiger partial charge in [0, 0.05) is 43.9 Å². The maximum atomic E-state index is 9.16. The standard InChI is InChI=1S/C23H22N6O/c1-26-19-7-3-6-17-18(19)11-20-21(17)22(29-9-8-15(25)13-29)28-23(27-20)30-16-5-2-4-14(10-16)12-24/h2-7,10,15,26H,8-9,11,13,25H2,1H3/t15-/m1/s1. The molecule has 30 heavy (non-hydrogen) atoms. The van der Waals surface area contributed by atoms with Crippen molar-refractivity contribution in [1.29, 1.82) is 5.26 Å². The van der Waals surface area contributed by atoms with E-state index in [0.717, 1.165) is 47.8 Å². The van der Waals surface area contributed by atoms with E-state index in [1.165, 1.54) is 5.56 Å². The number of nitriles is 1. The van der Waals surface area contributed by atoms with Crippen LogP contribution in [0.4, 0.5) is 11.5 Å². The van der Waals surface area contributed by atoms with Gasteiger partial charge in [-0.05, 0) is 41.8 Å². The fourth-order valence-corrected chi connectivity index (χ4v) is 4.28. The van der Waals surface area contributed by atoms with Gasteiger partial charge in [-0.2, -0.15) is 15.2 Å². The van der Waals surface area contributed by atoms with Crippen molar-refractivity contribution in [2.24, 2.45) is 5.73 Å². The molecule has 2 aromatic carbocycles. The minimum Gasteiger partial charge on any atom is -0.424 e. The van der Waals surface area contributed by atoms with Gasteiger partial charge in [0.05, 0.1) is 17.3 Å². The van der Waals surface area contributed by atoms with Crippen LogP contribution in [0.5, 0.6) is 11.8 Å². The van der Waals surface area contributed by atoms with E-state index in [4.69, 9.17) is 25.7 Å². The quantitative estimate of drug-likeness (QED) is 0.544. The molecule has 1 atom stereocenters. The highest BCUT2D eigenvalue weighted by molar-refractivity contribution is 5.88. The molecule has 2 aliphatic rings. The Morgan fingerprint density at radius 1 is 1.23 bits per heavy atom. The summed E-state index contributed by atoms with van der Waals surface area (Å²) < 4.78 is 5.98. The Labute approximate surface area is 175 Å². The van der Waals surface area contributed by atoms with E-state index in [1.807, 2.05) is 7.05 Å². The molecule has 1 saturated heterocycles. The molecule has 0 spiro atoms. The summed E-state index contributed by atoms with van der Waals surface area (Å²) in [5.74, 6) is 1.41. The van der Waals surface area contributed by atoms with Gasteiger partial charge in [-0.15, -0.1) is 0 Å². The van der Waals surface area contributed by atoms with E-state index < -0.39 is 0 Å². The number of rotatable bonds is 4. The average Bonchev–Trinajstić information content (AvgIpc) is 3.36. The zero-order valence-electron chi connectivity index (χ0n) is 16.7. The molecule has 1 aliphatic carbocycles. The molecular weight excluding hydrogens is 376 g/mol. The Kier molecular flexibility index (Phi) is 4.49. The number of nitrogens with one attached hydrogen (secondary N) is 1. The highest BCUT2D eigenvalue weighted by Gasteiger charge is 2.31. The Balaban J connectivity index is 1.61. The number of hydrogen-bond donors (Lipinski definition) is 2. The molecule has 0 saturated carbocycles. The summed E-state index contributed by atoms with van der Waals surface area (Å²) in [4.78, 5) is 11.8. The fraction of sp³-hybridized carbons (Fsp3) is 0.261. The van der Waals surface area contributed by atoms with Crippen LogP contribution in [0.25, 0.3) is 11.1 Å². The third-order valence-corrected chi connectivity index (χ3v) is 5.70. The lowest BCUT2D eigenvalue weighted by atomic mass is 10.1. The van der Waals surface area contributed by atoms with Gasteiger partial charge in [-0.3, -0.25) is 0 Å². The third-order valence-electron chi connectivity index (χ3n) is 5.70. The summed E-state index contributed by atoms with van der Waals surface area (Å²) in [5, 5.41) is 12.4. The molecule has 3 N–H and O–H groups in total. The smallest absolute Gasteiger partial charge is 0.324 e. The number of nitrogens with two attached hydrogens (primary N) is 1. The van der Waals surface area contributed by atoms with Gasteiger partial charge in [0.15, 0.2) is 0 Å². The van der Waals surface area contributed by atoms with Crippen LogP contribution in [0.15, 0.2) is 42.5 Å². The van der Waals surface area contributed by atoms with Crippen molar-refractivity contribution in [2.45, 2.75) is 18.9 Å². The summed E-state index contributed by atoms with van der Waals surface area (Å²) >= 11 is 0. The van der Waals surface area contributed by atoms with Gasteiger partial charge < -0.3 is 20.7 Å². The molecule has 5 rings (SSSR count). The Bertz CT molecular complexity index is 1170. The molecule has 1 fully saturated rings. The second-order valence-electron chi connectivity index (χ2n) is 7.65. The van der Waals surface area contributed by atoms with E-state index in [9.17, 15) is 0 Å². The lowest BCUT2D eigenvalue weighted by Gasteiger charge is -2.21. The first-order chi connectivity index (χ1) is 14.7. The van der Waals surface area contributed by atoms with E-state index in [2.05, 4.69) is 34.5 Å². The summed E-state index contributed by atoms with van der Waals surface area (Å²) in [6.07, 6.45) is 1.65. The zero-order valence-corrected chi connectivity index (χ0v) is 16.7. The lowest BCUT2D eigenvalue weighted by molar-refractivity contribution is 0.440. The van der Waals surface area contributed by atoms with Gasteiger partial charge >= 0.3 is 6.01 Å². The SMILES string of the molecule is CNc1cccc2c1Cc1nc(Oc3cccc(C#N)c3)nc(N3CC[C@@H](N)C3)c1-2. The van der Waals surface area contributed by atoms with Crippen LogP contribution in [0.2, 0.25) is 0 Å². The Morgan fingerprint density at radius 2 is 2.10 bits per heavy atom. The van der Waals surface area contributed by atoms with Crippen LogP contribution < -0.4 is 20.7 Å². The van der Waals surface area contributed by atoms with E-state index in [0.29, 0.717) is 17.7 Å². The molecule has 0 radical (unpaired) electrons. The van der Waals surface area contributed by atoms with Crippen molar-refractivity contribution in [3.05, 3.63) is 59.3 Å². The molecule has 7 nitrogen and oxygen atoms in total. The number of anilines is 2. The number of hydrogen-bond acceptors (Lipinski definition) is 7. The first-order valence-electron chi connectivity index (χ1n) is 10.1. The topological polar surface area (TPSA) is 100 Å². The molecule has 3 aromatic rings. The van der Waals surface area contributed by atoms with Crippen LogP contribution in [-0.2, 0) is 6.42 Å². The van der Waals surface area contributed by atoms with Crippen LogP contribution in [0, 0.1) is 11.3 Å². The van der Waals surface area contributed by atoms with Gasteiger partial charge in [-0.1, -0.05) is 18.2 Å². The molecule has 1 aromatic heterocycles. The zero-order chi connectivity index (χ0) is 20.7. The van der Waals surface area contributed by atoms with Crippen molar-refractivity contribution in [3.63, 3.8) is 0 Å². The molecule has 150 valence electrons. The summed E-state index contributed by atoms with van der Waals surface area (Å²) in [5.41, 5.74) is 12.2. The molecule has 1 aliphatic heterocycles. The van der Waals surface area contributed by atoms with Gasteiger partial charge in [0.2, 0.25) is 0 Å². The second-order valence-corrected chi connectivity index (χ2v) is 7.65. The van der Waals surface area contributed by atoms with Gasteiger partial charge in [0.1, 0.15) is 11.6 Å². The number of fused-ring (bicyclic) bond motifs is 3. The van der Waals surface area contributed by atoms with Crippen LogP contribution in [-0.4, -0.2) is 36.1 Å². The molecule has 2 heterocycles. The summed E-state index contributed by atoms with van der Waals surface area (Å²) in [6.45, 7) is 1.61. The van der Waals surface area contributed by atoms with Gasteiger partial charge in [0.25, 0.3) is 0 Å². The predicted octanol–water partition coefficient (Wildman–Crippen LogP) is 3.29. The fourth-order valence-electron chi connectivity index (χ4n) is 4.28. The van der Waals surface area contributed by atoms with Crippen molar-refractivity contribution in [3.8, 4) is 29.0 Å². The maximum absolute atomic E-state index is 9.16. The highest BCUT2D eigenvalue weighted by Crippen LogP contribution is 2.45. The first kappa shape index (κ1) is 18.4. The summed E-state index contributed by atoms with van der Waals surface area (Å²) in [6, 6.07) is 15.8. The molecule has 0 unspecified atom stereocenters. The lowest BCUT2D eigenvalue weighted by Crippen LogP contribution is -2.27. The molecular formula is C23H22N6O. The van der Waals surface area contributed by atoms with Crippen LogP contribution in [0.1, 0.15) is 23.2 Å². The van der Waals surface area contributed by atoms with Crippen molar-refractivity contribution in [1.82, 2.24) is 9.97 Å². The number of aromatic nitrogens is 2. The number of ether oxygens (including phenoxy) is 1. The average molecular weight is 398 g/mol. The first-order valence-corrected chi connectivity index (χ1v) is 10.1. The Hall–Kier alpha value is -3.63. The maximum Gasteiger partial charge on any atom is 0.324 e. The molecule has 7 heteroatoms. The molecule has 0 amide bonds. The normalized spacial score (nSPS) is 16.7. The monoisotopic (exact) mass is 398 g/mol. The number of benzene rings is 2. The van der Waals surface area contributed by atoms with Gasteiger partial charge in [-0.25, -0.2) is 0 Å². The van der Waals surface area contributed by atoms with Crippen molar-refractivity contribution in [2.75, 3.05) is 30.4 Å². The number of nitrogens with zero attached hydrogens (tertiary/aromatic N) is 4. The third kappa shape index (κ3) is 3.11. The summed E-state index contributed by atoms with van der Waals surface area (Å²) in [7, 11) is 1.93. The Morgan fingerprint density at radius 3 is 2.87 bits per heavy atom. The van der Waals surface area contributed by atoms with Crippen molar-refractivity contribution >= 4 is 11.5 Å². The predicted molar refractivity (Wildman–Crippen MR) is 116 cm³/mol. The highest BCUT2D eigenvalue weighted by atomic mass is 16.5. The van der Waals surface area contributed by atoms with Crippen LogP contribution in [0.3, 0.4) is 0 Å². The van der Waals surface area contributed by atoms with E-state index in [-0.39, 0.29) is 12.1 Å².